The number of carboxylic acid groups (broad SMARTS) is 1. The molecule has 146 valence electrons. The summed E-state index contributed by atoms with van der Waals surface area (Å²) in [6.45, 7) is 0. The number of nitrogens with one attached hydrogen (secondary N) is 1. The van der Waals surface area contributed by atoms with Gasteiger partial charge in [-0.1, -0.05) is 84.2 Å². The highest BCUT2D eigenvalue weighted by atomic mass is 32.1. The summed E-state index contributed by atoms with van der Waals surface area (Å²) in [5.74, 6) is -2.54. The van der Waals surface area contributed by atoms with Gasteiger partial charge in [-0.3, -0.25) is 9.59 Å². The van der Waals surface area contributed by atoms with Crippen LogP contribution in [0.2, 0.25) is 0 Å². The number of carbonyl (C=O) groups is 2. The molecule has 2 aromatic carbocycles. The predicted octanol–water partition coefficient (Wildman–Crippen LogP) is 5.08. The number of rotatable bonds is 5. The second kappa shape index (κ2) is 8.41. The van der Waals surface area contributed by atoms with E-state index in [2.05, 4.69) is 10.3 Å². The standard InChI is InChI=1S/C23H20N2O3S/c26-21(17-13-7-8-14-18(17)22(27)28)25-23-24-19(15-9-3-1-4-10-15)20(29-23)16-11-5-2-6-12-16/h1-12,17-18H,13-14H2,(H,27,28)(H,24,25,26)/t17-,18+/m0/s1. The summed E-state index contributed by atoms with van der Waals surface area (Å²) in [6, 6.07) is 19.7. The second-order valence-electron chi connectivity index (χ2n) is 6.91. The molecule has 1 heterocycles. The zero-order chi connectivity index (χ0) is 20.2. The van der Waals surface area contributed by atoms with Crippen LogP contribution in [0, 0.1) is 11.8 Å². The van der Waals surface area contributed by atoms with Gasteiger partial charge in [0, 0.05) is 5.56 Å². The Morgan fingerprint density at radius 1 is 0.897 bits per heavy atom. The maximum atomic E-state index is 12.8. The fourth-order valence-corrected chi connectivity index (χ4v) is 4.52. The molecule has 1 aliphatic carbocycles. The van der Waals surface area contributed by atoms with Crippen LogP contribution in [0.15, 0.2) is 72.8 Å². The molecule has 1 amide bonds. The Balaban J connectivity index is 1.66. The van der Waals surface area contributed by atoms with Crippen molar-refractivity contribution in [2.75, 3.05) is 5.32 Å². The van der Waals surface area contributed by atoms with Gasteiger partial charge in [0.2, 0.25) is 5.91 Å². The minimum absolute atomic E-state index is 0.297. The molecular formula is C23H20N2O3S. The molecule has 6 heteroatoms. The number of hydrogen-bond acceptors (Lipinski definition) is 4. The molecule has 0 saturated heterocycles. The van der Waals surface area contributed by atoms with Crippen molar-refractivity contribution in [3.63, 3.8) is 0 Å². The van der Waals surface area contributed by atoms with Crippen LogP contribution in [0.3, 0.4) is 0 Å². The van der Waals surface area contributed by atoms with Crippen molar-refractivity contribution in [1.29, 1.82) is 0 Å². The van der Waals surface area contributed by atoms with Crippen molar-refractivity contribution in [2.45, 2.75) is 12.8 Å². The maximum absolute atomic E-state index is 12.8. The lowest BCUT2D eigenvalue weighted by Crippen LogP contribution is -2.34. The van der Waals surface area contributed by atoms with Crippen molar-refractivity contribution < 1.29 is 14.7 Å². The van der Waals surface area contributed by atoms with Crippen molar-refractivity contribution in [2.24, 2.45) is 11.8 Å². The average Bonchev–Trinajstić information content (AvgIpc) is 3.18. The van der Waals surface area contributed by atoms with E-state index >= 15 is 0 Å². The first-order valence-electron chi connectivity index (χ1n) is 9.44. The molecule has 0 radical (unpaired) electrons. The second-order valence-corrected chi connectivity index (χ2v) is 7.91. The quantitative estimate of drug-likeness (QED) is 0.581. The van der Waals surface area contributed by atoms with Gasteiger partial charge in [-0.05, 0) is 18.4 Å². The molecule has 0 fully saturated rings. The van der Waals surface area contributed by atoms with Gasteiger partial charge >= 0.3 is 5.97 Å². The summed E-state index contributed by atoms with van der Waals surface area (Å²) in [7, 11) is 0. The van der Waals surface area contributed by atoms with Crippen molar-refractivity contribution in [1.82, 2.24) is 4.98 Å². The fourth-order valence-electron chi connectivity index (χ4n) is 3.53. The van der Waals surface area contributed by atoms with E-state index in [9.17, 15) is 14.7 Å². The molecule has 4 rings (SSSR count). The monoisotopic (exact) mass is 404 g/mol. The van der Waals surface area contributed by atoms with Gasteiger partial charge in [-0.2, -0.15) is 0 Å². The molecule has 0 bridgehead atoms. The smallest absolute Gasteiger partial charge is 0.307 e. The van der Waals surface area contributed by atoms with E-state index in [-0.39, 0.29) is 5.91 Å². The molecule has 3 aromatic rings. The third kappa shape index (κ3) is 4.12. The van der Waals surface area contributed by atoms with Crippen LogP contribution in [-0.4, -0.2) is 22.0 Å². The Labute approximate surface area is 172 Å². The van der Waals surface area contributed by atoms with E-state index in [1.54, 1.807) is 0 Å². The number of hydrogen-bond donors (Lipinski definition) is 2. The van der Waals surface area contributed by atoms with Gasteiger partial charge in [0.05, 0.1) is 22.4 Å². The van der Waals surface area contributed by atoms with E-state index in [4.69, 9.17) is 0 Å². The highest BCUT2D eigenvalue weighted by molar-refractivity contribution is 7.19. The maximum Gasteiger partial charge on any atom is 0.307 e. The van der Waals surface area contributed by atoms with Crippen molar-refractivity contribution in [3.05, 3.63) is 72.8 Å². The fraction of sp³-hybridized carbons (Fsp3) is 0.174. The lowest BCUT2D eigenvalue weighted by Gasteiger charge is -2.23. The third-order valence-electron chi connectivity index (χ3n) is 5.03. The topological polar surface area (TPSA) is 79.3 Å². The average molecular weight is 404 g/mol. The highest BCUT2D eigenvalue weighted by Gasteiger charge is 2.34. The van der Waals surface area contributed by atoms with E-state index in [0.29, 0.717) is 18.0 Å². The number of allylic oxidation sites excluding steroid dienone is 2. The van der Waals surface area contributed by atoms with Gasteiger partial charge < -0.3 is 10.4 Å². The molecule has 0 aliphatic heterocycles. The third-order valence-corrected chi connectivity index (χ3v) is 6.05. The number of aliphatic carboxylic acids is 1. The van der Waals surface area contributed by atoms with Gasteiger partial charge in [0.25, 0.3) is 0 Å². The predicted molar refractivity (Wildman–Crippen MR) is 115 cm³/mol. The zero-order valence-electron chi connectivity index (χ0n) is 15.6. The molecule has 29 heavy (non-hydrogen) atoms. The molecule has 1 aromatic heterocycles. The van der Waals surface area contributed by atoms with Crippen molar-refractivity contribution in [3.8, 4) is 21.7 Å². The summed E-state index contributed by atoms with van der Waals surface area (Å²) in [6.07, 6.45) is 4.49. The molecule has 0 unspecified atom stereocenters. The number of thiazole rings is 1. The summed E-state index contributed by atoms with van der Waals surface area (Å²) in [4.78, 5) is 30.0. The largest absolute Gasteiger partial charge is 0.481 e. The van der Waals surface area contributed by atoms with Crippen LogP contribution in [0.25, 0.3) is 21.7 Å². The summed E-state index contributed by atoms with van der Waals surface area (Å²) < 4.78 is 0. The number of nitrogens with zero attached hydrogens (tertiary/aromatic N) is 1. The number of amides is 1. The Bertz CT molecular complexity index is 987. The molecule has 0 saturated carbocycles. The number of anilines is 1. The van der Waals surface area contributed by atoms with E-state index < -0.39 is 17.8 Å². The minimum atomic E-state index is -0.941. The molecular weight excluding hydrogens is 384 g/mol. The lowest BCUT2D eigenvalue weighted by atomic mass is 9.82. The van der Waals surface area contributed by atoms with Crippen LogP contribution in [-0.2, 0) is 9.59 Å². The van der Waals surface area contributed by atoms with Gasteiger partial charge in [-0.15, -0.1) is 0 Å². The first kappa shape index (κ1) is 19.1. The van der Waals surface area contributed by atoms with Crippen LogP contribution in [0.1, 0.15) is 12.8 Å². The number of aromatic nitrogens is 1. The van der Waals surface area contributed by atoms with Crippen molar-refractivity contribution >= 4 is 28.3 Å². The Morgan fingerprint density at radius 3 is 2.10 bits per heavy atom. The first-order chi connectivity index (χ1) is 14.1. The lowest BCUT2D eigenvalue weighted by molar-refractivity contribution is -0.146. The summed E-state index contributed by atoms with van der Waals surface area (Å²) in [5.41, 5.74) is 2.79. The van der Waals surface area contributed by atoms with E-state index in [1.807, 2.05) is 72.8 Å². The minimum Gasteiger partial charge on any atom is -0.481 e. The van der Waals surface area contributed by atoms with Gasteiger partial charge in [0.1, 0.15) is 0 Å². The van der Waals surface area contributed by atoms with Gasteiger partial charge in [0.15, 0.2) is 5.13 Å². The number of benzene rings is 2. The summed E-state index contributed by atoms with van der Waals surface area (Å²) >= 11 is 1.40. The zero-order valence-corrected chi connectivity index (χ0v) is 16.4. The molecule has 2 N–H and O–H groups in total. The van der Waals surface area contributed by atoms with Crippen LogP contribution < -0.4 is 5.32 Å². The van der Waals surface area contributed by atoms with E-state index in [1.165, 1.54) is 11.3 Å². The van der Waals surface area contributed by atoms with Crippen LogP contribution >= 0.6 is 11.3 Å². The Kier molecular flexibility index (Phi) is 5.53. The number of carbonyl (C=O) groups excluding carboxylic acids is 1. The summed E-state index contributed by atoms with van der Waals surface area (Å²) in [5, 5.41) is 12.8. The number of carboxylic acids is 1. The molecule has 5 nitrogen and oxygen atoms in total. The highest BCUT2D eigenvalue weighted by Crippen LogP contribution is 2.39. The normalized spacial score (nSPS) is 18.3. The first-order valence-corrected chi connectivity index (χ1v) is 10.3. The van der Waals surface area contributed by atoms with Gasteiger partial charge in [-0.25, -0.2) is 4.98 Å². The Hall–Kier alpha value is -3.25. The van der Waals surface area contributed by atoms with Crippen LogP contribution in [0.5, 0.6) is 0 Å². The molecule has 1 aliphatic rings. The van der Waals surface area contributed by atoms with Crippen LogP contribution in [0.4, 0.5) is 5.13 Å². The Morgan fingerprint density at radius 2 is 1.48 bits per heavy atom. The molecule has 2 atom stereocenters. The van der Waals surface area contributed by atoms with E-state index in [0.717, 1.165) is 21.7 Å². The SMILES string of the molecule is O=C(Nc1nc(-c2ccccc2)c(-c2ccccc2)s1)[C@H]1CC=CC[C@H]1C(=O)O. The molecule has 0 spiro atoms.